The van der Waals surface area contributed by atoms with Crippen LogP contribution in [0.3, 0.4) is 0 Å². The van der Waals surface area contributed by atoms with Crippen molar-refractivity contribution < 1.29 is 66.1 Å². The molecule has 0 saturated carbocycles. The third kappa shape index (κ3) is 7.52. The Hall–Kier alpha value is -2.01. The van der Waals surface area contributed by atoms with Gasteiger partial charge in [-0.1, -0.05) is 0 Å². The van der Waals surface area contributed by atoms with Gasteiger partial charge in [-0.2, -0.15) is 8.62 Å². The van der Waals surface area contributed by atoms with Crippen molar-refractivity contribution in [2.75, 3.05) is 13.7 Å². The maximum absolute atomic E-state index is 12.4. The van der Waals surface area contributed by atoms with Crippen LogP contribution in [-0.4, -0.2) is 71.4 Å². The number of ether oxygens (including phenoxy) is 2. The van der Waals surface area contributed by atoms with Crippen molar-refractivity contribution in [2.45, 2.75) is 24.4 Å². The molecule has 7 N–H and O–H groups in total. The van der Waals surface area contributed by atoms with E-state index in [1.165, 1.54) is 31.4 Å². The van der Waals surface area contributed by atoms with Crippen LogP contribution in [0.15, 0.2) is 40.1 Å². The van der Waals surface area contributed by atoms with Crippen LogP contribution in [0.25, 0.3) is 5.69 Å². The Balaban J connectivity index is 1.78. The molecule has 1 saturated heterocycles. The molecule has 1 aromatic heterocycles. The van der Waals surface area contributed by atoms with Crippen molar-refractivity contribution in [1.29, 1.82) is 0 Å². The Kier molecular flexibility index (Phi) is 8.78. The van der Waals surface area contributed by atoms with Crippen LogP contribution in [0.5, 0.6) is 5.75 Å². The first-order valence-corrected chi connectivity index (χ1v) is 14.3. The summed E-state index contributed by atoms with van der Waals surface area (Å²) in [7, 11) is -15.5. The fourth-order valence-corrected chi connectivity index (χ4v) is 6.27. The van der Waals surface area contributed by atoms with Crippen LogP contribution in [0.1, 0.15) is 11.7 Å². The van der Waals surface area contributed by atoms with E-state index in [4.69, 9.17) is 19.3 Å². The number of methoxy groups -OCH3 is 1. The molecule has 1 aliphatic rings. The minimum Gasteiger partial charge on any atom is -0.497 e. The monoisotopic (exact) mass is 590 g/mol. The van der Waals surface area contributed by atoms with Crippen LogP contribution < -0.4 is 16.0 Å². The molecular weight excluding hydrogens is 569 g/mol. The lowest BCUT2D eigenvalue weighted by molar-refractivity contribution is -0.0228. The zero-order chi connectivity index (χ0) is 27.8. The van der Waals surface area contributed by atoms with Crippen molar-refractivity contribution in [3.8, 4) is 11.4 Å². The Morgan fingerprint density at radius 3 is 2.16 bits per heavy atom. The molecule has 0 aliphatic carbocycles. The summed E-state index contributed by atoms with van der Waals surface area (Å²) in [5.41, 5.74) is -1.83. The highest BCUT2D eigenvalue weighted by Crippen LogP contribution is 2.66. The number of nitrogens with one attached hydrogen (secondary N) is 1. The molecule has 0 bridgehead atoms. The number of aromatic nitrogens is 2. The average Bonchev–Trinajstić information content (AvgIpc) is 3.04. The minimum atomic E-state index is -5.78. The predicted molar refractivity (Wildman–Crippen MR) is 119 cm³/mol. The summed E-state index contributed by atoms with van der Waals surface area (Å²) in [6, 6.07) is 6.06. The molecular formula is C16H21N2O16P3. The van der Waals surface area contributed by atoms with Gasteiger partial charge < -0.3 is 39.3 Å². The fraction of sp³-hybridized carbons (Fsp3) is 0.375. The second-order valence-corrected chi connectivity index (χ2v) is 11.8. The van der Waals surface area contributed by atoms with Crippen LogP contribution in [0.2, 0.25) is 0 Å². The van der Waals surface area contributed by atoms with Crippen LogP contribution in [0.4, 0.5) is 0 Å². The van der Waals surface area contributed by atoms with Crippen LogP contribution >= 0.6 is 23.5 Å². The molecule has 3 rings (SSSR count). The number of H-pyrrole nitrogens is 1. The lowest BCUT2D eigenvalue weighted by atomic mass is 10.0. The van der Waals surface area contributed by atoms with E-state index in [0.717, 1.165) is 10.8 Å². The number of rotatable bonds is 10. The third-order valence-corrected chi connectivity index (χ3v) is 8.61. The van der Waals surface area contributed by atoms with Crippen molar-refractivity contribution in [2.24, 2.45) is 0 Å². The van der Waals surface area contributed by atoms with Crippen LogP contribution in [-0.2, 0) is 31.6 Å². The van der Waals surface area contributed by atoms with Crippen molar-refractivity contribution in [3.05, 3.63) is 56.9 Å². The lowest BCUT2D eigenvalue weighted by Crippen LogP contribution is -2.35. The quantitative estimate of drug-likeness (QED) is 0.164. The van der Waals surface area contributed by atoms with Gasteiger partial charge in [0.15, 0.2) is 0 Å². The number of hydrogen-bond acceptors (Lipinski definition) is 12. The first kappa shape index (κ1) is 29.5. The average molecular weight is 590 g/mol. The van der Waals surface area contributed by atoms with Gasteiger partial charge in [-0.3, -0.25) is 18.9 Å². The number of nitrogens with zero attached hydrogens (tertiary/aromatic N) is 1. The number of benzene rings is 1. The molecule has 206 valence electrons. The lowest BCUT2D eigenvalue weighted by Gasteiger charge is -2.19. The van der Waals surface area contributed by atoms with Gasteiger partial charge in [0, 0.05) is 6.20 Å². The first-order valence-electron chi connectivity index (χ1n) is 9.82. The minimum absolute atomic E-state index is 0.292. The van der Waals surface area contributed by atoms with Crippen molar-refractivity contribution in [3.63, 3.8) is 0 Å². The summed E-state index contributed by atoms with van der Waals surface area (Å²) in [5.74, 6) is 0.484. The molecule has 2 heterocycles. The van der Waals surface area contributed by atoms with E-state index in [0.29, 0.717) is 11.4 Å². The first-order chi connectivity index (χ1) is 17.0. The zero-order valence-electron chi connectivity index (χ0n) is 18.5. The summed E-state index contributed by atoms with van der Waals surface area (Å²) in [6.45, 7) is -1.07. The van der Waals surface area contributed by atoms with E-state index in [1.807, 2.05) is 4.98 Å². The molecule has 0 amide bonds. The Bertz CT molecular complexity index is 1380. The standard InChI is InChI=1S/C16H21N2O16P3/c1-30-9-4-2-8(3-5-9)18-6-10(15(21)17-16(18)22)14-13(20)12(19)11(32-14)7-31-36(26,27)34-37(28,29)33-35(23,24)25/h2-6,11-14,19-20H,7H2,1H3,(H,26,27)(H,28,29)(H,17,21,22)(H2,23,24,25)/t11-,12-,13-,14+/m1/s1. The SMILES string of the molecule is COc1ccc(-n2cc([C@@H]3O[C@H](COP(=O)(O)OP(=O)(O)OP(=O)(O)O)[C@@H](O)[C@H]3O)c(=O)[nH]c2=O)cc1. The van der Waals surface area contributed by atoms with Crippen LogP contribution in [0, 0.1) is 0 Å². The normalized spacial score (nSPS) is 25.4. The number of aliphatic hydroxyl groups excluding tert-OH is 2. The van der Waals surface area contributed by atoms with Gasteiger partial charge in [-0.15, -0.1) is 0 Å². The summed E-state index contributed by atoms with van der Waals surface area (Å²) in [6.07, 6.45) is -5.78. The van der Waals surface area contributed by atoms with Gasteiger partial charge in [0.05, 0.1) is 25.0 Å². The van der Waals surface area contributed by atoms with Gasteiger partial charge in [0.2, 0.25) is 0 Å². The molecule has 1 aliphatic heterocycles. The Labute approximate surface area is 206 Å². The summed E-state index contributed by atoms with van der Waals surface area (Å²) in [5, 5.41) is 20.7. The predicted octanol–water partition coefficient (Wildman–Crippen LogP) is -0.961. The number of hydrogen-bond donors (Lipinski definition) is 7. The van der Waals surface area contributed by atoms with E-state index in [2.05, 4.69) is 13.1 Å². The molecule has 21 heteroatoms. The van der Waals surface area contributed by atoms with Gasteiger partial charge >= 0.3 is 29.2 Å². The largest absolute Gasteiger partial charge is 0.497 e. The summed E-state index contributed by atoms with van der Waals surface area (Å²) < 4.78 is 56.9. The van der Waals surface area contributed by atoms with E-state index in [1.54, 1.807) is 0 Å². The Morgan fingerprint density at radius 2 is 1.59 bits per heavy atom. The van der Waals surface area contributed by atoms with E-state index in [-0.39, 0.29) is 5.56 Å². The highest BCUT2D eigenvalue weighted by atomic mass is 31.3. The number of aromatic amines is 1. The van der Waals surface area contributed by atoms with Gasteiger partial charge in [-0.25, -0.2) is 18.5 Å². The molecule has 6 atom stereocenters. The van der Waals surface area contributed by atoms with E-state index >= 15 is 0 Å². The molecule has 2 unspecified atom stereocenters. The van der Waals surface area contributed by atoms with E-state index in [9.17, 15) is 43.3 Å². The maximum atomic E-state index is 12.4. The van der Waals surface area contributed by atoms with Gasteiger partial charge in [-0.05, 0) is 24.3 Å². The smallest absolute Gasteiger partial charge is 0.490 e. The molecule has 2 aromatic rings. The molecule has 37 heavy (non-hydrogen) atoms. The highest BCUT2D eigenvalue weighted by molar-refractivity contribution is 7.66. The summed E-state index contributed by atoms with van der Waals surface area (Å²) in [4.78, 5) is 62.6. The van der Waals surface area contributed by atoms with Crippen molar-refractivity contribution in [1.82, 2.24) is 9.55 Å². The number of phosphoric ester groups is 1. The zero-order valence-corrected chi connectivity index (χ0v) is 21.1. The third-order valence-electron chi connectivity index (χ3n) is 4.81. The molecule has 0 spiro atoms. The highest BCUT2D eigenvalue weighted by Gasteiger charge is 2.47. The van der Waals surface area contributed by atoms with Crippen molar-refractivity contribution >= 4 is 23.5 Å². The fourth-order valence-electron chi connectivity index (χ4n) is 3.24. The number of aliphatic hydroxyl groups is 2. The topological polar surface area (TPSA) is 274 Å². The maximum Gasteiger partial charge on any atom is 0.490 e. The molecule has 1 aromatic carbocycles. The van der Waals surface area contributed by atoms with Gasteiger partial charge in [0.1, 0.15) is 30.2 Å². The Morgan fingerprint density at radius 1 is 0.973 bits per heavy atom. The molecule has 18 nitrogen and oxygen atoms in total. The van der Waals surface area contributed by atoms with E-state index < -0.39 is 65.7 Å². The summed E-state index contributed by atoms with van der Waals surface area (Å²) >= 11 is 0. The van der Waals surface area contributed by atoms with Gasteiger partial charge in [0.25, 0.3) is 5.56 Å². The number of phosphoric acid groups is 3. The second kappa shape index (κ2) is 11.0. The molecule has 1 fully saturated rings. The molecule has 0 radical (unpaired) electrons. The second-order valence-electron chi connectivity index (χ2n) is 7.37.